The SMILES string of the molecule is COC1=CC(=O)c2nc(-c3cccc(C)n3)[nH]c2C1=O. The number of pyridine rings is 1. The number of aromatic amines is 1. The van der Waals surface area contributed by atoms with Crippen molar-refractivity contribution in [1.82, 2.24) is 15.0 Å². The quantitative estimate of drug-likeness (QED) is 0.896. The van der Waals surface area contributed by atoms with Crippen molar-refractivity contribution in [1.29, 1.82) is 0 Å². The minimum atomic E-state index is -0.381. The molecule has 2 aromatic heterocycles. The van der Waals surface area contributed by atoms with Crippen molar-refractivity contribution in [3.63, 3.8) is 0 Å². The molecule has 1 aliphatic rings. The van der Waals surface area contributed by atoms with Crippen molar-refractivity contribution in [3.05, 3.63) is 47.1 Å². The maximum Gasteiger partial charge on any atom is 0.246 e. The summed E-state index contributed by atoms with van der Waals surface area (Å²) in [5, 5.41) is 0. The van der Waals surface area contributed by atoms with Gasteiger partial charge >= 0.3 is 0 Å². The molecule has 0 amide bonds. The van der Waals surface area contributed by atoms with E-state index >= 15 is 0 Å². The summed E-state index contributed by atoms with van der Waals surface area (Å²) in [7, 11) is 1.35. The predicted octanol–water partition coefficient (Wildman–Crippen LogP) is 1.69. The maximum atomic E-state index is 12.1. The van der Waals surface area contributed by atoms with Crippen LogP contribution in [0, 0.1) is 6.92 Å². The summed E-state index contributed by atoms with van der Waals surface area (Å²) in [4.78, 5) is 35.3. The molecular weight excluding hydrogens is 258 g/mol. The van der Waals surface area contributed by atoms with Gasteiger partial charge in [-0.3, -0.25) is 9.59 Å². The van der Waals surface area contributed by atoms with Gasteiger partial charge in [0.15, 0.2) is 11.6 Å². The number of hydrogen-bond donors (Lipinski definition) is 1. The standard InChI is InChI=1S/C14H11N3O3/c1-7-4-3-5-8(15-7)14-16-11-9(18)6-10(20-2)13(19)12(11)17-14/h3-6H,1-2H3,(H,16,17). The van der Waals surface area contributed by atoms with Gasteiger partial charge in [0, 0.05) is 11.8 Å². The van der Waals surface area contributed by atoms with Crippen LogP contribution in [0.15, 0.2) is 30.0 Å². The average molecular weight is 269 g/mol. The maximum absolute atomic E-state index is 12.1. The average Bonchev–Trinajstić information content (AvgIpc) is 2.89. The van der Waals surface area contributed by atoms with Gasteiger partial charge < -0.3 is 9.72 Å². The Labute approximate surface area is 114 Å². The van der Waals surface area contributed by atoms with E-state index in [1.165, 1.54) is 7.11 Å². The molecule has 6 nitrogen and oxygen atoms in total. The number of aryl methyl sites for hydroxylation is 1. The van der Waals surface area contributed by atoms with Crippen molar-refractivity contribution in [3.8, 4) is 11.5 Å². The summed E-state index contributed by atoms with van der Waals surface area (Å²) in [5.41, 5.74) is 1.66. The minimum Gasteiger partial charge on any atom is -0.492 e. The molecule has 0 radical (unpaired) electrons. The molecule has 0 aromatic carbocycles. The summed E-state index contributed by atoms with van der Waals surface area (Å²) in [6, 6.07) is 5.45. The van der Waals surface area contributed by atoms with Crippen LogP contribution in [0.25, 0.3) is 11.5 Å². The lowest BCUT2D eigenvalue weighted by molar-refractivity contribution is 0.0911. The second-order valence-corrected chi connectivity index (χ2v) is 4.38. The van der Waals surface area contributed by atoms with E-state index in [1.54, 1.807) is 6.07 Å². The third kappa shape index (κ3) is 1.82. The Kier molecular flexibility index (Phi) is 2.71. The van der Waals surface area contributed by atoms with Crippen molar-refractivity contribution >= 4 is 11.6 Å². The lowest BCUT2D eigenvalue weighted by Crippen LogP contribution is -2.17. The largest absolute Gasteiger partial charge is 0.492 e. The molecule has 1 N–H and O–H groups in total. The van der Waals surface area contributed by atoms with Crippen molar-refractivity contribution in [2.24, 2.45) is 0 Å². The highest BCUT2D eigenvalue weighted by molar-refractivity contribution is 6.22. The Morgan fingerprint density at radius 3 is 2.70 bits per heavy atom. The molecule has 0 spiro atoms. The van der Waals surface area contributed by atoms with Crippen molar-refractivity contribution in [2.45, 2.75) is 6.92 Å². The van der Waals surface area contributed by atoms with Crippen molar-refractivity contribution < 1.29 is 14.3 Å². The topological polar surface area (TPSA) is 84.9 Å². The molecular formula is C14H11N3O3. The molecule has 0 atom stereocenters. The molecule has 3 rings (SSSR count). The first-order valence-corrected chi connectivity index (χ1v) is 5.99. The number of aromatic nitrogens is 3. The fourth-order valence-corrected chi connectivity index (χ4v) is 2.04. The monoisotopic (exact) mass is 269 g/mol. The van der Waals surface area contributed by atoms with Crippen LogP contribution in [0.5, 0.6) is 0 Å². The fourth-order valence-electron chi connectivity index (χ4n) is 2.04. The van der Waals surface area contributed by atoms with Crippen LogP contribution >= 0.6 is 0 Å². The molecule has 0 saturated heterocycles. The highest BCUT2D eigenvalue weighted by Crippen LogP contribution is 2.23. The second kappa shape index (κ2) is 4.41. The Morgan fingerprint density at radius 1 is 1.20 bits per heavy atom. The summed E-state index contributed by atoms with van der Waals surface area (Å²) >= 11 is 0. The Balaban J connectivity index is 2.11. The lowest BCUT2D eigenvalue weighted by Gasteiger charge is -2.08. The van der Waals surface area contributed by atoms with Gasteiger partial charge in [0.1, 0.15) is 17.1 Å². The molecule has 2 heterocycles. The molecule has 0 bridgehead atoms. The van der Waals surface area contributed by atoms with Gasteiger partial charge in [0.2, 0.25) is 11.6 Å². The van der Waals surface area contributed by atoms with Gasteiger partial charge in [-0.15, -0.1) is 0 Å². The van der Waals surface area contributed by atoms with E-state index in [4.69, 9.17) is 4.74 Å². The zero-order valence-electron chi connectivity index (χ0n) is 10.9. The molecule has 0 aliphatic heterocycles. The van der Waals surface area contributed by atoms with E-state index in [-0.39, 0.29) is 28.7 Å². The Morgan fingerprint density at radius 2 is 2.00 bits per heavy atom. The lowest BCUT2D eigenvalue weighted by atomic mass is 10.0. The molecule has 0 fully saturated rings. The fraction of sp³-hybridized carbons (Fsp3) is 0.143. The Bertz CT molecular complexity index is 759. The number of fused-ring (bicyclic) bond motifs is 1. The van der Waals surface area contributed by atoms with Crippen LogP contribution in [-0.4, -0.2) is 33.6 Å². The molecule has 0 unspecified atom stereocenters. The molecule has 6 heteroatoms. The number of H-pyrrole nitrogens is 1. The van der Waals surface area contributed by atoms with Crippen LogP contribution in [-0.2, 0) is 4.74 Å². The van der Waals surface area contributed by atoms with Gasteiger partial charge in [-0.2, -0.15) is 0 Å². The number of carbonyl (C=O) groups is 2. The third-order valence-corrected chi connectivity index (χ3v) is 3.00. The molecule has 0 saturated carbocycles. The number of nitrogens with one attached hydrogen (secondary N) is 1. The first-order chi connectivity index (χ1) is 9.60. The van der Waals surface area contributed by atoms with Gasteiger partial charge in [-0.25, -0.2) is 9.97 Å². The van der Waals surface area contributed by atoms with Gasteiger partial charge in [-0.05, 0) is 19.1 Å². The second-order valence-electron chi connectivity index (χ2n) is 4.38. The van der Waals surface area contributed by atoms with Gasteiger partial charge in [-0.1, -0.05) is 6.07 Å². The number of hydrogen-bond acceptors (Lipinski definition) is 5. The predicted molar refractivity (Wildman–Crippen MR) is 70.3 cm³/mol. The third-order valence-electron chi connectivity index (χ3n) is 3.00. The zero-order chi connectivity index (χ0) is 14.3. The van der Waals surface area contributed by atoms with Crippen molar-refractivity contribution in [2.75, 3.05) is 7.11 Å². The molecule has 1 aliphatic carbocycles. The molecule has 20 heavy (non-hydrogen) atoms. The van der Waals surface area contributed by atoms with E-state index in [9.17, 15) is 9.59 Å². The number of carbonyl (C=O) groups excluding carboxylic acids is 2. The summed E-state index contributed by atoms with van der Waals surface area (Å²) in [6.07, 6.45) is 1.15. The van der Waals surface area contributed by atoms with E-state index in [1.807, 2.05) is 19.1 Å². The molecule has 100 valence electrons. The normalized spacial score (nSPS) is 14.0. The number of methoxy groups -OCH3 is 1. The highest BCUT2D eigenvalue weighted by atomic mass is 16.5. The van der Waals surface area contributed by atoms with Crippen LogP contribution in [0.2, 0.25) is 0 Å². The number of allylic oxidation sites excluding steroid dienone is 2. The van der Waals surface area contributed by atoms with Crippen LogP contribution in [0.4, 0.5) is 0 Å². The summed E-state index contributed by atoms with van der Waals surface area (Å²) in [5.74, 6) is -0.332. The Hall–Kier alpha value is -2.76. The first kappa shape index (κ1) is 12.3. The smallest absolute Gasteiger partial charge is 0.246 e. The van der Waals surface area contributed by atoms with E-state index in [0.29, 0.717) is 11.5 Å². The number of ketones is 2. The van der Waals surface area contributed by atoms with E-state index < -0.39 is 0 Å². The van der Waals surface area contributed by atoms with Crippen LogP contribution < -0.4 is 0 Å². The summed E-state index contributed by atoms with van der Waals surface area (Å²) in [6.45, 7) is 1.85. The minimum absolute atomic E-state index is 0.00917. The van der Waals surface area contributed by atoms with Gasteiger partial charge in [0.25, 0.3) is 0 Å². The number of ether oxygens (including phenoxy) is 1. The highest BCUT2D eigenvalue weighted by Gasteiger charge is 2.30. The number of rotatable bonds is 2. The molecule has 2 aromatic rings. The van der Waals surface area contributed by atoms with E-state index in [0.717, 1.165) is 11.8 Å². The zero-order valence-corrected chi connectivity index (χ0v) is 10.9. The van der Waals surface area contributed by atoms with Crippen LogP contribution in [0.3, 0.4) is 0 Å². The number of imidazole rings is 1. The number of Topliss-reactive ketones (excluding diaryl/α,β-unsaturated/α-hetero) is 1. The number of nitrogens with zero attached hydrogens (tertiary/aromatic N) is 2. The van der Waals surface area contributed by atoms with E-state index in [2.05, 4.69) is 15.0 Å². The van der Waals surface area contributed by atoms with Gasteiger partial charge in [0.05, 0.1) is 7.11 Å². The summed E-state index contributed by atoms with van der Waals surface area (Å²) < 4.78 is 4.89. The first-order valence-electron chi connectivity index (χ1n) is 5.99. The van der Waals surface area contributed by atoms with Crippen LogP contribution in [0.1, 0.15) is 26.7 Å².